The van der Waals surface area contributed by atoms with Crippen LogP contribution in [0.25, 0.3) is 0 Å². The van der Waals surface area contributed by atoms with Crippen LogP contribution in [0.15, 0.2) is 35.3 Å². The molecule has 1 saturated heterocycles. The van der Waals surface area contributed by atoms with Crippen molar-refractivity contribution in [2.24, 2.45) is 0 Å². The topological polar surface area (TPSA) is 63.9 Å². The standard InChI is InChI=1S/C17H23N5O/c1-17(2,3)14-8-9-15(20-19-14)21-11-5-6-13(21)12-22-16(23)7-4-10-18-22/h4,7-10,13H,5-6,11-12H2,1-3H3. The average molecular weight is 313 g/mol. The molecule has 0 radical (unpaired) electrons. The van der Waals surface area contributed by atoms with E-state index in [9.17, 15) is 4.79 Å². The third-order valence-corrected chi connectivity index (χ3v) is 4.26. The van der Waals surface area contributed by atoms with Gasteiger partial charge >= 0.3 is 0 Å². The summed E-state index contributed by atoms with van der Waals surface area (Å²) in [6.45, 7) is 7.91. The van der Waals surface area contributed by atoms with Gasteiger partial charge in [-0.25, -0.2) is 4.68 Å². The third kappa shape index (κ3) is 3.41. The molecule has 1 fully saturated rings. The number of hydrogen-bond donors (Lipinski definition) is 0. The molecular weight excluding hydrogens is 290 g/mol. The van der Waals surface area contributed by atoms with Crippen molar-refractivity contribution >= 4 is 5.82 Å². The highest BCUT2D eigenvalue weighted by atomic mass is 16.1. The second kappa shape index (κ2) is 6.10. The first kappa shape index (κ1) is 15.6. The van der Waals surface area contributed by atoms with E-state index in [1.165, 1.54) is 4.68 Å². The molecule has 122 valence electrons. The van der Waals surface area contributed by atoms with Gasteiger partial charge in [0.25, 0.3) is 5.56 Å². The molecule has 1 aliphatic rings. The van der Waals surface area contributed by atoms with E-state index in [0.29, 0.717) is 6.54 Å². The van der Waals surface area contributed by atoms with Crippen LogP contribution in [-0.4, -0.2) is 32.6 Å². The Labute approximate surface area is 136 Å². The van der Waals surface area contributed by atoms with Crippen molar-refractivity contribution in [2.45, 2.75) is 51.6 Å². The van der Waals surface area contributed by atoms with E-state index in [4.69, 9.17) is 0 Å². The summed E-state index contributed by atoms with van der Waals surface area (Å²) in [4.78, 5) is 14.1. The van der Waals surface area contributed by atoms with E-state index in [-0.39, 0.29) is 17.0 Å². The molecule has 1 aliphatic heterocycles. The van der Waals surface area contributed by atoms with Gasteiger partial charge in [0.05, 0.1) is 18.3 Å². The highest BCUT2D eigenvalue weighted by molar-refractivity contribution is 5.40. The second-order valence-electron chi connectivity index (χ2n) is 7.06. The number of anilines is 1. The Morgan fingerprint density at radius 2 is 2.04 bits per heavy atom. The lowest BCUT2D eigenvalue weighted by atomic mass is 9.92. The average Bonchev–Trinajstić information content (AvgIpc) is 2.97. The van der Waals surface area contributed by atoms with Gasteiger partial charge in [-0.1, -0.05) is 20.8 Å². The summed E-state index contributed by atoms with van der Waals surface area (Å²) in [7, 11) is 0. The molecule has 2 aromatic rings. The molecule has 0 spiro atoms. The maximum Gasteiger partial charge on any atom is 0.266 e. The minimum atomic E-state index is -0.0616. The molecule has 1 unspecified atom stereocenters. The predicted molar refractivity (Wildman–Crippen MR) is 89.6 cm³/mol. The number of rotatable bonds is 3. The molecular formula is C17H23N5O. The maximum atomic E-state index is 11.9. The summed E-state index contributed by atoms with van der Waals surface area (Å²) in [5, 5.41) is 12.9. The first-order chi connectivity index (χ1) is 10.9. The Morgan fingerprint density at radius 3 is 2.70 bits per heavy atom. The summed E-state index contributed by atoms with van der Waals surface area (Å²) in [5.74, 6) is 0.879. The molecule has 0 aliphatic carbocycles. The van der Waals surface area contributed by atoms with Crippen LogP contribution in [0, 0.1) is 0 Å². The van der Waals surface area contributed by atoms with E-state index >= 15 is 0 Å². The van der Waals surface area contributed by atoms with Crippen molar-refractivity contribution in [3.05, 3.63) is 46.5 Å². The summed E-state index contributed by atoms with van der Waals surface area (Å²) in [5.41, 5.74) is 0.920. The van der Waals surface area contributed by atoms with Gasteiger partial charge in [-0.15, -0.1) is 5.10 Å². The lowest BCUT2D eigenvalue weighted by Gasteiger charge is -2.26. The van der Waals surface area contributed by atoms with E-state index in [1.807, 2.05) is 12.1 Å². The molecule has 6 nitrogen and oxygen atoms in total. The number of aromatic nitrogens is 4. The maximum absolute atomic E-state index is 11.9. The molecule has 1 atom stereocenters. The third-order valence-electron chi connectivity index (χ3n) is 4.26. The lowest BCUT2D eigenvalue weighted by Crippen LogP contribution is -2.37. The fourth-order valence-electron chi connectivity index (χ4n) is 2.93. The summed E-state index contributed by atoms with van der Waals surface area (Å²) < 4.78 is 1.53. The van der Waals surface area contributed by atoms with E-state index in [2.05, 4.69) is 41.0 Å². The molecule has 0 saturated carbocycles. The number of hydrogen-bond acceptors (Lipinski definition) is 5. The van der Waals surface area contributed by atoms with Gasteiger partial charge in [-0.05, 0) is 31.0 Å². The van der Waals surface area contributed by atoms with E-state index in [0.717, 1.165) is 30.9 Å². The van der Waals surface area contributed by atoms with Crippen LogP contribution >= 0.6 is 0 Å². The molecule has 3 heterocycles. The van der Waals surface area contributed by atoms with Crippen molar-refractivity contribution in [2.75, 3.05) is 11.4 Å². The Bertz CT molecular complexity index is 717. The van der Waals surface area contributed by atoms with Crippen molar-refractivity contribution in [3.8, 4) is 0 Å². The highest BCUT2D eigenvalue weighted by Crippen LogP contribution is 2.26. The summed E-state index contributed by atoms with van der Waals surface area (Å²) in [6, 6.07) is 7.53. The number of nitrogens with zero attached hydrogens (tertiary/aromatic N) is 5. The molecule has 3 rings (SSSR count). The quantitative estimate of drug-likeness (QED) is 0.867. The minimum Gasteiger partial charge on any atom is -0.350 e. The Hall–Kier alpha value is -2.24. The molecule has 0 amide bonds. The Kier molecular flexibility index (Phi) is 4.15. The first-order valence-corrected chi connectivity index (χ1v) is 8.08. The fraction of sp³-hybridized carbons (Fsp3) is 0.529. The normalized spacial score (nSPS) is 18.4. The smallest absolute Gasteiger partial charge is 0.266 e. The van der Waals surface area contributed by atoms with Crippen LogP contribution in [-0.2, 0) is 12.0 Å². The van der Waals surface area contributed by atoms with Gasteiger partial charge < -0.3 is 4.90 Å². The van der Waals surface area contributed by atoms with Gasteiger partial charge in [0.2, 0.25) is 0 Å². The highest BCUT2D eigenvalue weighted by Gasteiger charge is 2.27. The van der Waals surface area contributed by atoms with Crippen LogP contribution in [0.5, 0.6) is 0 Å². The van der Waals surface area contributed by atoms with Gasteiger partial charge in [0.15, 0.2) is 5.82 Å². The van der Waals surface area contributed by atoms with Gasteiger partial charge in [0, 0.05) is 24.2 Å². The predicted octanol–water partition coefficient (Wildman–Crippen LogP) is 2.00. The SMILES string of the molecule is CC(C)(C)c1ccc(N2CCCC2Cn2ncccc2=O)nn1. The second-order valence-corrected chi connectivity index (χ2v) is 7.06. The van der Waals surface area contributed by atoms with Crippen molar-refractivity contribution in [1.29, 1.82) is 0 Å². The molecule has 2 aromatic heterocycles. The van der Waals surface area contributed by atoms with Crippen molar-refractivity contribution < 1.29 is 0 Å². The van der Waals surface area contributed by atoms with E-state index in [1.54, 1.807) is 18.3 Å². The van der Waals surface area contributed by atoms with Gasteiger partial charge in [-0.2, -0.15) is 10.2 Å². The van der Waals surface area contributed by atoms with E-state index < -0.39 is 0 Å². The molecule has 6 heteroatoms. The lowest BCUT2D eigenvalue weighted by molar-refractivity contribution is 0.485. The van der Waals surface area contributed by atoms with Crippen LogP contribution in [0.2, 0.25) is 0 Å². The first-order valence-electron chi connectivity index (χ1n) is 8.08. The van der Waals surface area contributed by atoms with Crippen LogP contribution in [0.3, 0.4) is 0 Å². The monoisotopic (exact) mass is 313 g/mol. The molecule has 0 N–H and O–H groups in total. The molecule has 0 aromatic carbocycles. The fourth-order valence-corrected chi connectivity index (χ4v) is 2.93. The summed E-state index contributed by atoms with van der Waals surface area (Å²) in [6.07, 6.45) is 3.78. The minimum absolute atomic E-state index is 0.00277. The van der Waals surface area contributed by atoms with Gasteiger partial charge in [0.1, 0.15) is 0 Å². The Balaban J connectivity index is 1.79. The molecule has 0 bridgehead atoms. The Morgan fingerprint density at radius 1 is 1.22 bits per heavy atom. The van der Waals surface area contributed by atoms with Crippen molar-refractivity contribution in [3.63, 3.8) is 0 Å². The van der Waals surface area contributed by atoms with Crippen LogP contribution in [0.1, 0.15) is 39.3 Å². The van der Waals surface area contributed by atoms with Gasteiger partial charge in [-0.3, -0.25) is 4.79 Å². The van der Waals surface area contributed by atoms with Crippen molar-refractivity contribution in [1.82, 2.24) is 20.0 Å². The zero-order valence-electron chi connectivity index (χ0n) is 13.9. The molecule has 23 heavy (non-hydrogen) atoms. The zero-order chi connectivity index (χ0) is 16.4. The largest absolute Gasteiger partial charge is 0.350 e. The van der Waals surface area contributed by atoms with Crippen LogP contribution in [0.4, 0.5) is 5.82 Å². The summed E-state index contributed by atoms with van der Waals surface area (Å²) >= 11 is 0. The zero-order valence-corrected chi connectivity index (χ0v) is 13.9. The van der Waals surface area contributed by atoms with Crippen LogP contribution < -0.4 is 10.5 Å².